The highest BCUT2D eigenvalue weighted by molar-refractivity contribution is 5.85. The van der Waals surface area contributed by atoms with Crippen molar-refractivity contribution in [3.63, 3.8) is 0 Å². The van der Waals surface area contributed by atoms with Gasteiger partial charge in [-0.25, -0.2) is 9.48 Å². The van der Waals surface area contributed by atoms with Crippen LogP contribution in [0.5, 0.6) is 0 Å². The molecule has 1 unspecified atom stereocenters. The van der Waals surface area contributed by atoms with E-state index in [0.29, 0.717) is 28.8 Å². The van der Waals surface area contributed by atoms with Crippen LogP contribution >= 0.6 is 0 Å². The standard InChI is InChI=1S/C16H25F2N3O3/c1-9-11(10(2)21(20-9)15(17)18)8-13(22)19-12(14(23)24)6-7-16(3,4)5/h12,15H,6-8H2,1-5H3,(H,19,22)(H,23,24). The van der Waals surface area contributed by atoms with Gasteiger partial charge in [0.05, 0.1) is 12.1 Å². The van der Waals surface area contributed by atoms with E-state index in [-0.39, 0.29) is 17.5 Å². The number of nitrogens with zero attached hydrogens (tertiary/aromatic N) is 2. The summed E-state index contributed by atoms with van der Waals surface area (Å²) >= 11 is 0. The van der Waals surface area contributed by atoms with Crippen LogP contribution in [0.3, 0.4) is 0 Å². The van der Waals surface area contributed by atoms with E-state index in [1.165, 1.54) is 6.92 Å². The Kier molecular flexibility index (Phi) is 6.45. The summed E-state index contributed by atoms with van der Waals surface area (Å²) in [6.07, 6.45) is 0.758. The molecule has 6 nitrogen and oxygen atoms in total. The molecule has 0 aromatic carbocycles. The zero-order chi connectivity index (χ0) is 18.7. The molecule has 0 radical (unpaired) electrons. The summed E-state index contributed by atoms with van der Waals surface area (Å²) in [5.41, 5.74) is 0.890. The summed E-state index contributed by atoms with van der Waals surface area (Å²) in [7, 11) is 0. The monoisotopic (exact) mass is 345 g/mol. The number of carboxylic acids is 1. The van der Waals surface area contributed by atoms with Gasteiger partial charge in [0.1, 0.15) is 6.04 Å². The lowest BCUT2D eigenvalue weighted by Gasteiger charge is -2.21. The normalized spacial score (nSPS) is 13.2. The molecule has 0 spiro atoms. The maximum atomic E-state index is 12.8. The summed E-state index contributed by atoms with van der Waals surface area (Å²) in [6.45, 7) is 6.18. The molecule has 0 bridgehead atoms. The fraction of sp³-hybridized carbons (Fsp3) is 0.688. The fourth-order valence-electron chi connectivity index (χ4n) is 2.38. The number of alkyl halides is 2. The Morgan fingerprint density at radius 2 is 1.88 bits per heavy atom. The predicted molar refractivity (Wildman–Crippen MR) is 84.9 cm³/mol. The molecule has 0 fully saturated rings. The first kappa shape index (κ1) is 20.1. The van der Waals surface area contributed by atoms with Crippen molar-refractivity contribution in [1.82, 2.24) is 15.1 Å². The quantitative estimate of drug-likeness (QED) is 0.796. The second-order valence-electron chi connectivity index (χ2n) is 7.11. The minimum Gasteiger partial charge on any atom is -0.480 e. The highest BCUT2D eigenvalue weighted by Crippen LogP contribution is 2.22. The lowest BCUT2D eigenvalue weighted by molar-refractivity contribution is -0.142. The molecule has 136 valence electrons. The van der Waals surface area contributed by atoms with E-state index in [1.807, 2.05) is 20.8 Å². The second-order valence-corrected chi connectivity index (χ2v) is 7.11. The molecule has 8 heteroatoms. The average molecular weight is 345 g/mol. The number of aliphatic carboxylic acids is 1. The third-order valence-electron chi connectivity index (χ3n) is 3.81. The molecule has 2 N–H and O–H groups in total. The number of carboxylic acid groups (broad SMARTS) is 1. The number of carbonyl (C=O) groups excluding carboxylic acids is 1. The minimum atomic E-state index is -2.78. The second kappa shape index (κ2) is 7.72. The number of amides is 1. The Balaban J connectivity index is 2.78. The maximum Gasteiger partial charge on any atom is 0.333 e. The van der Waals surface area contributed by atoms with Crippen molar-refractivity contribution in [2.75, 3.05) is 0 Å². The predicted octanol–water partition coefficient (Wildman–Crippen LogP) is 2.83. The van der Waals surface area contributed by atoms with Crippen molar-refractivity contribution in [2.45, 2.75) is 66.5 Å². The Hall–Kier alpha value is -1.99. The zero-order valence-corrected chi connectivity index (χ0v) is 14.7. The Morgan fingerprint density at radius 3 is 2.29 bits per heavy atom. The van der Waals surface area contributed by atoms with E-state index in [4.69, 9.17) is 0 Å². The van der Waals surface area contributed by atoms with Crippen molar-refractivity contribution in [3.8, 4) is 0 Å². The molecule has 0 aliphatic heterocycles. The van der Waals surface area contributed by atoms with Crippen molar-refractivity contribution in [2.24, 2.45) is 5.41 Å². The van der Waals surface area contributed by atoms with Gasteiger partial charge in [0, 0.05) is 11.3 Å². The van der Waals surface area contributed by atoms with E-state index in [2.05, 4.69) is 10.4 Å². The number of nitrogens with one attached hydrogen (secondary N) is 1. The van der Waals surface area contributed by atoms with Crippen LogP contribution in [0.1, 0.15) is 57.1 Å². The molecule has 24 heavy (non-hydrogen) atoms. The molecule has 1 amide bonds. The number of hydrogen-bond acceptors (Lipinski definition) is 3. The van der Waals surface area contributed by atoms with Crippen LogP contribution < -0.4 is 5.32 Å². The van der Waals surface area contributed by atoms with Gasteiger partial charge in [-0.2, -0.15) is 13.9 Å². The highest BCUT2D eigenvalue weighted by atomic mass is 19.3. The Bertz CT molecular complexity index is 606. The average Bonchev–Trinajstić information content (AvgIpc) is 2.70. The van der Waals surface area contributed by atoms with Crippen LogP contribution in [0, 0.1) is 19.3 Å². The number of carbonyl (C=O) groups is 2. The summed E-state index contributed by atoms with van der Waals surface area (Å²) in [5, 5.41) is 15.4. The maximum absolute atomic E-state index is 12.8. The van der Waals surface area contributed by atoms with Crippen molar-refractivity contribution >= 4 is 11.9 Å². The van der Waals surface area contributed by atoms with Crippen LogP contribution in [-0.2, 0) is 16.0 Å². The van der Waals surface area contributed by atoms with Crippen molar-refractivity contribution < 1.29 is 23.5 Å². The molecule has 1 heterocycles. The van der Waals surface area contributed by atoms with Gasteiger partial charge in [-0.15, -0.1) is 0 Å². The van der Waals surface area contributed by atoms with Gasteiger partial charge < -0.3 is 10.4 Å². The number of hydrogen-bond donors (Lipinski definition) is 2. The van der Waals surface area contributed by atoms with E-state index in [1.54, 1.807) is 6.92 Å². The number of rotatable bonds is 7. The van der Waals surface area contributed by atoms with Crippen LogP contribution in [-0.4, -0.2) is 32.8 Å². The lowest BCUT2D eigenvalue weighted by atomic mass is 9.88. The van der Waals surface area contributed by atoms with E-state index >= 15 is 0 Å². The summed E-state index contributed by atoms with van der Waals surface area (Å²) in [4.78, 5) is 23.4. The minimum absolute atomic E-state index is 0.0516. The molecule has 0 aliphatic rings. The fourth-order valence-corrected chi connectivity index (χ4v) is 2.38. The molecule has 1 atom stereocenters. The Morgan fingerprint density at radius 1 is 1.29 bits per heavy atom. The van der Waals surface area contributed by atoms with Gasteiger partial charge >= 0.3 is 12.5 Å². The van der Waals surface area contributed by atoms with E-state index < -0.39 is 24.5 Å². The van der Waals surface area contributed by atoms with E-state index in [9.17, 15) is 23.5 Å². The van der Waals surface area contributed by atoms with Crippen LogP contribution in [0.4, 0.5) is 8.78 Å². The number of halogens is 2. The molecule has 1 aromatic rings. The molecule has 0 saturated carbocycles. The van der Waals surface area contributed by atoms with Gasteiger partial charge in [0.2, 0.25) is 5.91 Å². The molecular weight excluding hydrogens is 320 g/mol. The van der Waals surface area contributed by atoms with Gasteiger partial charge in [0.25, 0.3) is 0 Å². The van der Waals surface area contributed by atoms with Gasteiger partial charge in [-0.05, 0) is 32.1 Å². The Labute approximate surface area is 140 Å². The number of aryl methyl sites for hydroxylation is 1. The zero-order valence-electron chi connectivity index (χ0n) is 14.7. The van der Waals surface area contributed by atoms with Crippen LogP contribution in [0.2, 0.25) is 0 Å². The topological polar surface area (TPSA) is 84.2 Å². The van der Waals surface area contributed by atoms with Gasteiger partial charge in [-0.1, -0.05) is 20.8 Å². The first-order valence-corrected chi connectivity index (χ1v) is 7.77. The smallest absolute Gasteiger partial charge is 0.333 e. The first-order valence-electron chi connectivity index (χ1n) is 7.77. The molecule has 1 rings (SSSR count). The van der Waals surface area contributed by atoms with Gasteiger partial charge in [-0.3, -0.25) is 4.79 Å². The largest absolute Gasteiger partial charge is 0.480 e. The summed E-state index contributed by atoms with van der Waals surface area (Å²) in [6, 6.07) is -0.998. The first-order chi connectivity index (χ1) is 10.9. The summed E-state index contributed by atoms with van der Waals surface area (Å²) < 4.78 is 26.2. The van der Waals surface area contributed by atoms with Gasteiger partial charge in [0.15, 0.2) is 0 Å². The summed E-state index contributed by atoms with van der Waals surface area (Å²) in [5.74, 6) is -1.62. The van der Waals surface area contributed by atoms with Crippen LogP contribution in [0.25, 0.3) is 0 Å². The van der Waals surface area contributed by atoms with Crippen LogP contribution in [0.15, 0.2) is 0 Å². The highest BCUT2D eigenvalue weighted by Gasteiger charge is 2.24. The molecule has 0 aliphatic carbocycles. The third-order valence-corrected chi connectivity index (χ3v) is 3.81. The SMILES string of the molecule is Cc1nn(C(F)F)c(C)c1CC(=O)NC(CCC(C)(C)C)C(=O)O. The number of aromatic nitrogens is 2. The molecular formula is C16H25F2N3O3. The molecule has 0 saturated heterocycles. The lowest BCUT2D eigenvalue weighted by Crippen LogP contribution is -2.42. The third kappa shape index (κ3) is 5.58. The van der Waals surface area contributed by atoms with Crippen molar-refractivity contribution in [1.29, 1.82) is 0 Å². The van der Waals surface area contributed by atoms with Crippen molar-refractivity contribution in [3.05, 3.63) is 17.0 Å². The molecule has 1 aromatic heterocycles. The van der Waals surface area contributed by atoms with E-state index in [0.717, 1.165) is 0 Å².